The van der Waals surface area contributed by atoms with Gasteiger partial charge in [-0.25, -0.2) is 36.1 Å². The van der Waals surface area contributed by atoms with Crippen molar-refractivity contribution in [3.05, 3.63) is 54.1 Å². The van der Waals surface area contributed by atoms with Crippen LogP contribution >= 0.6 is 0 Å². The van der Waals surface area contributed by atoms with Crippen molar-refractivity contribution in [1.29, 1.82) is 0 Å². The highest BCUT2D eigenvalue weighted by molar-refractivity contribution is 7.89. The van der Waals surface area contributed by atoms with Crippen LogP contribution in [0.3, 0.4) is 0 Å². The number of carboxylic acid groups (broad SMARTS) is 1. The van der Waals surface area contributed by atoms with Crippen molar-refractivity contribution in [2.75, 3.05) is 19.5 Å². The second-order valence-corrected chi connectivity index (χ2v) is 13.1. The summed E-state index contributed by atoms with van der Waals surface area (Å²) in [5, 5.41) is 12.5. The predicted octanol–water partition coefficient (Wildman–Crippen LogP) is 5.69. The van der Waals surface area contributed by atoms with Gasteiger partial charge in [-0.05, 0) is 55.5 Å². The lowest BCUT2D eigenvalue weighted by atomic mass is 9.94. The van der Waals surface area contributed by atoms with Crippen LogP contribution in [0, 0.1) is 5.82 Å². The molecule has 47 heavy (non-hydrogen) atoms. The van der Waals surface area contributed by atoms with E-state index in [4.69, 9.17) is 14.2 Å². The standard InChI is InChI=1S/C31H30F3N5O7S/c1-44-28-22(14-36-30(38-28)45-2)16-11-23(32)26-24(12-16)35-15-25(47(42,43)39-18-3-4-18)27(26)37-19-9-17(29(40)41)10-21(13-19)46-20-5-7-31(33,34)8-6-20/h9-15,18,20,39H,3-8H2,1-2H3,(H,35,37)(H,40,41). The number of hydrogen-bond acceptors (Lipinski definition) is 10. The third kappa shape index (κ3) is 7.02. The molecular formula is C31H30F3N5O7S. The summed E-state index contributed by atoms with van der Waals surface area (Å²) < 4.78 is 89.5. The van der Waals surface area contributed by atoms with Crippen LogP contribution in [-0.2, 0) is 10.0 Å². The summed E-state index contributed by atoms with van der Waals surface area (Å²) in [5.41, 5.74) is 0.287. The Balaban J connectivity index is 1.45. The Labute approximate surface area is 267 Å². The predicted molar refractivity (Wildman–Crippen MR) is 164 cm³/mol. The molecule has 0 unspecified atom stereocenters. The Morgan fingerprint density at radius 1 is 1.00 bits per heavy atom. The van der Waals surface area contributed by atoms with Gasteiger partial charge in [-0.1, -0.05) is 0 Å². The number of carbonyl (C=O) groups is 1. The van der Waals surface area contributed by atoms with E-state index in [2.05, 4.69) is 25.0 Å². The molecule has 248 valence electrons. The van der Waals surface area contributed by atoms with E-state index >= 15 is 4.39 Å². The number of carboxylic acids is 1. The van der Waals surface area contributed by atoms with E-state index in [1.807, 2.05) is 0 Å². The fourth-order valence-corrected chi connectivity index (χ4v) is 6.77. The van der Waals surface area contributed by atoms with E-state index in [1.54, 1.807) is 0 Å². The number of fused-ring (bicyclic) bond motifs is 1. The number of nitrogens with one attached hydrogen (secondary N) is 2. The summed E-state index contributed by atoms with van der Waals surface area (Å²) in [7, 11) is -1.47. The lowest BCUT2D eigenvalue weighted by Crippen LogP contribution is -2.30. The molecule has 0 bridgehead atoms. The van der Waals surface area contributed by atoms with Gasteiger partial charge in [0, 0.05) is 43.0 Å². The SMILES string of the molecule is COc1ncc(-c2cc(F)c3c(Nc4cc(OC5CCC(F)(F)CC5)cc(C(=O)O)c4)c(S(=O)(=O)NC4CC4)cnc3c2)c(OC)n1. The van der Waals surface area contributed by atoms with Crippen molar-refractivity contribution in [3.8, 4) is 28.8 Å². The molecule has 6 rings (SSSR count). The molecule has 16 heteroatoms. The molecule has 2 fully saturated rings. The maximum Gasteiger partial charge on any atom is 0.335 e. The lowest BCUT2D eigenvalue weighted by Gasteiger charge is -2.29. The molecule has 0 aliphatic heterocycles. The molecule has 0 radical (unpaired) electrons. The largest absolute Gasteiger partial charge is 0.490 e. The molecule has 3 N–H and O–H groups in total. The summed E-state index contributed by atoms with van der Waals surface area (Å²) in [6.07, 6.45) is 2.56. The van der Waals surface area contributed by atoms with Crippen molar-refractivity contribution in [2.45, 2.75) is 61.5 Å². The Kier molecular flexibility index (Phi) is 8.57. The van der Waals surface area contributed by atoms with Crippen LogP contribution in [0.25, 0.3) is 22.0 Å². The Bertz CT molecular complexity index is 1970. The van der Waals surface area contributed by atoms with Gasteiger partial charge in [-0.3, -0.25) is 4.98 Å². The maximum atomic E-state index is 16.2. The molecule has 4 aromatic rings. The third-order valence-electron chi connectivity index (χ3n) is 7.88. The van der Waals surface area contributed by atoms with Crippen LogP contribution in [0.2, 0.25) is 0 Å². The zero-order valence-electron chi connectivity index (χ0n) is 25.2. The molecule has 0 saturated heterocycles. The second kappa shape index (κ2) is 12.5. The highest BCUT2D eigenvalue weighted by atomic mass is 32.2. The molecule has 0 spiro atoms. The van der Waals surface area contributed by atoms with E-state index in [0.717, 1.165) is 12.3 Å². The average Bonchev–Trinajstić information content (AvgIpc) is 3.84. The van der Waals surface area contributed by atoms with E-state index in [-0.39, 0.29) is 87.7 Å². The molecule has 2 aromatic heterocycles. The normalized spacial score (nSPS) is 16.5. The smallest absolute Gasteiger partial charge is 0.335 e. The fraction of sp³-hybridized carbons (Fsp3) is 0.355. The first-order valence-electron chi connectivity index (χ1n) is 14.7. The van der Waals surface area contributed by atoms with Crippen LogP contribution in [-0.4, -0.2) is 66.7 Å². The highest BCUT2D eigenvalue weighted by Crippen LogP contribution is 2.40. The van der Waals surface area contributed by atoms with Gasteiger partial charge in [-0.15, -0.1) is 0 Å². The molecule has 2 heterocycles. The van der Waals surface area contributed by atoms with Crippen molar-refractivity contribution < 1.29 is 45.7 Å². The minimum Gasteiger partial charge on any atom is -0.490 e. The fourth-order valence-electron chi connectivity index (χ4n) is 5.36. The van der Waals surface area contributed by atoms with Gasteiger partial charge >= 0.3 is 12.0 Å². The summed E-state index contributed by atoms with van der Waals surface area (Å²) in [5.74, 6) is -4.80. The number of methoxy groups -OCH3 is 2. The van der Waals surface area contributed by atoms with Gasteiger partial charge in [0.1, 0.15) is 16.5 Å². The Morgan fingerprint density at radius 3 is 2.40 bits per heavy atom. The molecule has 12 nitrogen and oxygen atoms in total. The van der Waals surface area contributed by atoms with E-state index in [0.29, 0.717) is 18.4 Å². The molecule has 2 saturated carbocycles. The number of benzene rings is 2. The van der Waals surface area contributed by atoms with Gasteiger partial charge in [0.25, 0.3) is 0 Å². The number of nitrogens with zero attached hydrogens (tertiary/aromatic N) is 3. The Hall–Kier alpha value is -4.70. The van der Waals surface area contributed by atoms with Crippen LogP contribution < -0.4 is 24.2 Å². The van der Waals surface area contributed by atoms with Crippen molar-refractivity contribution in [3.63, 3.8) is 0 Å². The number of ether oxygens (including phenoxy) is 3. The lowest BCUT2D eigenvalue weighted by molar-refractivity contribution is -0.0582. The first-order valence-corrected chi connectivity index (χ1v) is 16.1. The minimum absolute atomic E-state index is 0.0304. The molecular weight excluding hydrogens is 643 g/mol. The number of alkyl halides is 2. The Morgan fingerprint density at radius 2 is 1.74 bits per heavy atom. The van der Waals surface area contributed by atoms with Crippen molar-refractivity contribution >= 4 is 38.3 Å². The topological polar surface area (TPSA) is 162 Å². The zero-order valence-corrected chi connectivity index (χ0v) is 26.0. The third-order valence-corrected chi connectivity index (χ3v) is 9.42. The van der Waals surface area contributed by atoms with Crippen LogP contribution in [0.4, 0.5) is 24.5 Å². The van der Waals surface area contributed by atoms with Gasteiger partial charge < -0.3 is 24.6 Å². The summed E-state index contributed by atoms with van der Waals surface area (Å²) >= 11 is 0. The number of pyridine rings is 1. The average molecular weight is 674 g/mol. The maximum absolute atomic E-state index is 16.2. The van der Waals surface area contributed by atoms with E-state index in [9.17, 15) is 27.1 Å². The molecule has 2 aromatic carbocycles. The van der Waals surface area contributed by atoms with E-state index in [1.165, 1.54) is 44.7 Å². The first kappa shape index (κ1) is 32.2. The number of anilines is 2. The van der Waals surface area contributed by atoms with Crippen LogP contribution in [0.1, 0.15) is 48.9 Å². The highest BCUT2D eigenvalue weighted by Gasteiger charge is 2.36. The van der Waals surface area contributed by atoms with Gasteiger partial charge in [0.15, 0.2) is 0 Å². The number of hydrogen-bond donors (Lipinski definition) is 3. The van der Waals surface area contributed by atoms with Crippen LogP contribution in [0.5, 0.6) is 17.6 Å². The summed E-state index contributed by atoms with van der Waals surface area (Å²) in [4.78, 5) is 24.2. The van der Waals surface area contributed by atoms with Gasteiger partial charge in [0.05, 0.1) is 48.0 Å². The quantitative estimate of drug-likeness (QED) is 0.179. The van der Waals surface area contributed by atoms with Crippen molar-refractivity contribution in [2.24, 2.45) is 0 Å². The van der Waals surface area contributed by atoms with Crippen molar-refractivity contribution in [1.82, 2.24) is 19.7 Å². The molecule has 2 aliphatic carbocycles. The number of rotatable bonds is 11. The summed E-state index contributed by atoms with van der Waals surface area (Å²) in [6, 6.07) is 6.28. The number of aromatic carboxylic acids is 1. The molecule has 0 atom stereocenters. The monoisotopic (exact) mass is 673 g/mol. The van der Waals surface area contributed by atoms with Gasteiger partial charge in [0.2, 0.25) is 21.8 Å². The minimum atomic E-state index is -4.22. The molecule has 0 amide bonds. The zero-order chi connectivity index (χ0) is 33.5. The number of aromatic nitrogens is 3. The number of halogens is 3. The summed E-state index contributed by atoms with van der Waals surface area (Å²) in [6.45, 7) is 0. The second-order valence-electron chi connectivity index (χ2n) is 11.4. The van der Waals surface area contributed by atoms with E-state index < -0.39 is 33.8 Å². The number of sulfonamides is 1. The van der Waals surface area contributed by atoms with Gasteiger partial charge in [-0.2, -0.15) is 4.98 Å². The molecule has 2 aliphatic rings. The van der Waals surface area contributed by atoms with Crippen LogP contribution in [0.15, 0.2) is 47.6 Å². The first-order chi connectivity index (χ1) is 22.4.